The molecule has 8 N–H and O–H groups in total. The Labute approximate surface area is 381 Å². The van der Waals surface area contributed by atoms with E-state index in [2.05, 4.69) is 26.3 Å². The van der Waals surface area contributed by atoms with Crippen LogP contribution in [0.2, 0.25) is 0 Å². The summed E-state index contributed by atoms with van der Waals surface area (Å²) >= 11 is 2.65. The fourth-order valence-electron chi connectivity index (χ4n) is 9.34. The van der Waals surface area contributed by atoms with Crippen molar-refractivity contribution < 1.29 is 63.5 Å². The third-order valence-corrected chi connectivity index (χ3v) is 15.9. The molecule has 2 aromatic rings. The standard InChI is InChI=1S/C44H50N6O13S2/c1-18-32(49-33(42(58)59)36(18)64-26-13-29(45-15-26)38(53)47-24-9-5-7-22(11-24)41(56)57)28(17-51)21(4)63-44(62)23-8-6-10-25(12-23)48-39(54)30-14-27(16-46-30)65-37-19(2)34-31(20(3)52)40(55)50(34)35(37)43(60)61/h5-12,17-21,26-32,34,36,45-46,52H,13-16H2,1-4H3,(H,47,53)(H,48,54)(H,56,57)(H,58,59)(H,60,61)/t18-,19-,20-,21-,26+,27+,28-,29+,30+,31-,32-,34-,36?/m1/s1. The summed E-state index contributed by atoms with van der Waals surface area (Å²) < 4.78 is 5.75. The van der Waals surface area contributed by atoms with Gasteiger partial charge in [-0.15, -0.1) is 23.5 Å². The van der Waals surface area contributed by atoms with E-state index >= 15 is 0 Å². The van der Waals surface area contributed by atoms with Gasteiger partial charge in [0, 0.05) is 45.8 Å². The smallest absolute Gasteiger partial charge is 0.353 e. The number of aldehydes is 1. The van der Waals surface area contributed by atoms with Crippen LogP contribution in [0.15, 0.2) is 64.1 Å². The molecule has 0 aromatic heterocycles. The molecule has 7 rings (SSSR count). The van der Waals surface area contributed by atoms with Crippen LogP contribution >= 0.6 is 23.5 Å². The normalized spacial score (nSPS) is 29.5. The van der Waals surface area contributed by atoms with Gasteiger partial charge in [0.25, 0.3) is 0 Å². The first-order valence-electron chi connectivity index (χ1n) is 21.2. The number of benzene rings is 2. The summed E-state index contributed by atoms with van der Waals surface area (Å²) in [7, 11) is 0. The minimum Gasteiger partial charge on any atom is -0.478 e. The topological polar surface area (TPSA) is 290 Å². The fraction of sp³-hybridized carbons (Fsp3) is 0.477. The number of rotatable bonds is 17. The van der Waals surface area contributed by atoms with Gasteiger partial charge in [-0.05, 0) is 69.0 Å². The van der Waals surface area contributed by atoms with Gasteiger partial charge in [-0.3, -0.25) is 19.4 Å². The number of carboxylic acid groups (broad SMARTS) is 3. The predicted molar refractivity (Wildman–Crippen MR) is 239 cm³/mol. The van der Waals surface area contributed by atoms with Crippen LogP contribution in [0.1, 0.15) is 61.3 Å². The number of aromatic carboxylic acids is 1. The molecule has 3 amide bonds. The van der Waals surface area contributed by atoms with Crippen LogP contribution in [-0.4, -0.2) is 144 Å². The number of aliphatic carboxylic acids is 2. The Balaban J connectivity index is 0.923. The summed E-state index contributed by atoms with van der Waals surface area (Å²) in [6.45, 7) is 7.41. The fourth-order valence-corrected chi connectivity index (χ4v) is 12.4. The van der Waals surface area contributed by atoms with Crippen LogP contribution in [0.25, 0.3) is 0 Å². The van der Waals surface area contributed by atoms with Crippen LogP contribution in [0.4, 0.5) is 11.4 Å². The first-order valence-corrected chi connectivity index (χ1v) is 23.0. The Bertz CT molecular complexity index is 2360. The second-order valence-electron chi connectivity index (χ2n) is 17.0. The Morgan fingerprint density at radius 2 is 1.45 bits per heavy atom. The number of nitrogens with zero attached hydrogens (tertiary/aromatic N) is 2. The average molecular weight is 935 g/mol. The lowest BCUT2D eigenvalue weighted by atomic mass is 9.79. The lowest BCUT2D eigenvalue weighted by Gasteiger charge is -2.46. The molecule has 3 saturated heterocycles. The Hall–Kier alpha value is -5.61. The lowest BCUT2D eigenvalue weighted by molar-refractivity contribution is -0.163. The predicted octanol–water partition coefficient (Wildman–Crippen LogP) is 2.32. The van der Waals surface area contributed by atoms with Crippen molar-refractivity contribution in [2.45, 2.75) is 92.7 Å². The number of anilines is 2. The van der Waals surface area contributed by atoms with E-state index in [0.717, 1.165) is 0 Å². The lowest BCUT2D eigenvalue weighted by Crippen LogP contribution is -2.63. The molecule has 0 spiro atoms. The SMILES string of the molecule is C[C@@H](O)[C@H]1C(=O)N2C(C(=O)O)=C(S[C@@H]3CN[C@H](C(=O)Nc4cccc(C(=O)O[C@H](C)[C@@H](C=O)[C@@H]5N=C(C(=O)O)C(S[C@@H]6CN[C@H](C(=O)Nc7cccc(C(=O)O)c7)C6)[C@@H]5C)c4)C3)[C@H](C)[C@H]12. The number of thioether (sulfide) groups is 2. The highest BCUT2D eigenvalue weighted by Gasteiger charge is 2.60. The van der Waals surface area contributed by atoms with Crippen molar-refractivity contribution in [3.05, 3.63) is 70.3 Å². The second-order valence-corrected chi connectivity index (χ2v) is 19.8. The number of fused-ring (bicyclic) bond motifs is 1. The number of nitrogens with one attached hydrogen (secondary N) is 4. The maximum absolute atomic E-state index is 13.5. The third kappa shape index (κ3) is 9.69. The van der Waals surface area contributed by atoms with Gasteiger partial charge in [0.05, 0.1) is 58.5 Å². The van der Waals surface area contributed by atoms with E-state index in [1.807, 2.05) is 6.92 Å². The molecule has 346 valence electrons. The van der Waals surface area contributed by atoms with E-state index in [-0.39, 0.29) is 44.9 Å². The summed E-state index contributed by atoms with van der Waals surface area (Å²) in [6.07, 6.45) is -0.663. The van der Waals surface area contributed by atoms with Crippen molar-refractivity contribution in [1.29, 1.82) is 0 Å². The first-order chi connectivity index (χ1) is 30.9. The Morgan fingerprint density at radius 3 is 2.02 bits per heavy atom. The van der Waals surface area contributed by atoms with Crippen LogP contribution in [0, 0.1) is 23.7 Å². The van der Waals surface area contributed by atoms with E-state index in [0.29, 0.717) is 48.5 Å². The quantitative estimate of drug-likeness (QED) is 0.0642. The number of hydrogen-bond donors (Lipinski definition) is 8. The monoisotopic (exact) mass is 934 g/mol. The van der Waals surface area contributed by atoms with Gasteiger partial charge >= 0.3 is 23.9 Å². The minimum atomic E-state index is -1.26. The first kappa shape index (κ1) is 47.4. The van der Waals surface area contributed by atoms with Crippen molar-refractivity contribution in [2.75, 3.05) is 23.7 Å². The Kier molecular flexibility index (Phi) is 14.2. The molecule has 21 heteroatoms. The number of carbonyl (C=O) groups excluding carboxylic acids is 5. The summed E-state index contributed by atoms with van der Waals surface area (Å²) in [5, 5.41) is 50.4. The molecule has 5 heterocycles. The van der Waals surface area contributed by atoms with Gasteiger partial charge < -0.3 is 56.1 Å². The van der Waals surface area contributed by atoms with Gasteiger partial charge in [0.2, 0.25) is 17.7 Å². The molecule has 3 fully saturated rings. The summed E-state index contributed by atoms with van der Waals surface area (Å²) in [5.41, 5.74) is 0.498. The van der Waals surface area contributed by atoms with Crippen LogP contribution in [0.3, 0.4) is 0 Å². The van der Waals surface area contributed by atoms with Crippen molar-refractivity contribution in [1.82, 2.24) is 15.5 Å². The molecule has 0 bridgehead atoms. The molecule has 0 aliphatic carbocycles. The van der Waals surface area contributed by atoms with E-state index in [4.69, 9.17) is 4.74 Å². The summed E-state index contributed by atoms with van der Waals surface area (Å²) in [5.74, 6) is -8.08. The third-order valence-electron chi connectivity index (χ3n) is 12.7. The number of ether oxygens (including phenoxy) is 1. The molecular weight excluding hydrogens is 885 g/mol. The highest BCUT2D eigenvalue weighted by molar-refractivity contribution is 8.03. The van der Waals surface area contributed by atoms with E-state index in [9.17, 15) is 58.8 Å². The molecule has 5 aliphatic rings. The van der Waals surface area contributed by atoms with Crippen molar-refractivity contribution in [2.24, 2.45) is 28.7 Å². The van der Waals surface area contributed by atoms with E-state index in [1.54, 1.807) is 25.1 Å². The van der Waals surface area contributed by atoms with E-state index in [1.165, 1.54) is 72.6 Å². The average Bonchev–Trinajstić information content (AvgIpc) is 4.05. The molecule has 5 aliphatic heterocycles. The van der Waals surface area contributed by atoms with Gasteiger partial charge in [-0.1, -0.05) is 26.0 Å². The minimum absolute atomic E-state index is 0.0207. The number of esters is 1. The van der Waals surface area contributed by atoms with E-state index < -0.39 is 95.1 Å². The molecule has 13 atom stereocenters. The molecule has 2 aromatic carbocycles. The maximum Gasteiger partial charge on any atom is 0.353 e. The van der Waals surface area contributed by atoms with Gasteiger partial charge in [0.15, 0.2) is 0 Å². The van der Waals surface area contributed by atoms with Crippen molar-refractivity contribution in [3.8, 4) is 0 Å². The zero-order valence-corrected chi connectivity index (χ0v) is 37.3. The zero-order valence-electron chi connectivity index (χ0n) is 35.7. The largest absolute Gasteiger partial charge is 0.478 e. The number of amides is 3. The van der Waals surface area contributed by atoms with Gasteiger partial charge in [-0.25, -0.2) is 19.2 Å². The molecule has 65 heavy (non-hydrogen) atoms. The number of carbonyl (C=O) groups is 8. The molecule has 1 unspecified atom stereocenters. The summed E-state index contributed by atoms with van der Waals surface area (Å²) in [4.78, 5) is 108. The number of aliphatic hydroxyl groups is 1. The number of aliphatic hydroxyl groups excluding tert-OH is 1. The van der Waals surface area contributed by atoms with Crippen LogP contribution in [-0.2, 0) is 33.5 Å². The molecule has 0 radical (unpaired) electrons. The Morgan fingerprint density at radius 1 is 0.862 bits per heavy atom. The second kappa shape index (κ2) is 19.5. The van der Waals surface area contributed by atoms with Crippen LogP contribution < -0.4 is 21.3 Å². The van der Waals surface area contributed by atoms with Crippen molar-refractivity contribution in [3.63, 3.8) is 0 Å². The van der Waals surface area contributed by atoms with Crippen LogP contribution in [0.5, 0.6) is 0 Å². The number of aliphatic imine (C=N–C) groups is 1. The molecular formula is C44H50N6O13S2. The number of hydrogen-bond acceptors (Lipinski definition) is 15. The highest BCUT2D eigenvalue weighted by Crippen LogP contribution is 2.52. The molecule has 0 saturated carbocycles. The molecule has 19 nitrogen and oxygen atoms in total. The number of β-lactam (4-membered cyclic amide) rings is 1. The zero-order chi connectivity index (χ0) is 47.0. The van der Waals surface area contributed by atoms with Gasteiger partial charge in [0.1, 0.15) is 23.8 Å². The maximum atomic E-state index is 13.5. The van der Waals surface area contributed by atoms with Crippen molar-refractivity contribution >= 4 is 88.5 Å². The number of carboxylic acids is 3. The van der Waals surface area contributed by atoms with Gasteiger partial charge in [-0.2, -0.15) is 0 Å². The highest BCUT2D eigenvalue weighted by atomic mass is 32.2. The summed E-state index contributed by atoms with van der Waals surface area (Å²) in [6, 6.07) is 9.33.